The van der Waals surface area contributed by atoms with Gasteiger partial charge in [0.2, 0.25) is 0 Å². The van der Waals surface area contributed by atoms with Crippen LogP contribution in [0.15, 0.2) is 17.9 Å². The summed E-state index contributed by atoms with van der Waals surface area (Å²) in [4.78, 5) is 11.0. The molecule has 0 amide bonds. The van der Waals surface area contributed by atoms with Gasteiger partial charge in [-0.25, -0.2) is 0 Å². The van der Waals surface area contributed by atoms with E-state index >= 15 is 0 Å². The fourth-order valence-electron chi connectivity index (χ4n) is 1.59. The fourth-order valence-corrected chi connectivity index (χ4v) is 1.59. The Morgan fingerprint density at radius 1 is 1.56 bits per heavy atom. The van der Waals surface area contributed by atoms with Crippen LogP contribution in [0.4, 0.5) is 0 Å². The largest absolute Gasteiger partial charge is 0.454 e. The highest BCUT2D eigenvalue weighted by molar-refractivity contribution is 5.66. The van der Waals surface area contributed by atoms with Crippen molar-refractivity contribution in [1.82, 2.24) is 0 Å². The van der Waals surface area contributed by atoms with Crippen molar-refractivity contribution in [3.8, 4) is 0 Å². The molecule has 0 radical (unpaired) electrons. The molecule has 0 bridgehead atoms. The van der Waals surface area contributed by atoms with Gasteiger partial charge >= 0.3 is 5.97 Å². The minimum Gasteiger partial charge on any atom is -0.454 e. The third-order valence-corrected chi connectivity index (χ3v) is 2.37. The van der Waals surface area contributed by atoms with Gasteiger partial charge in [-0.1, -0.05) is 6.58 Å². The Morgan fingerprint density at radius 2 is 2.19 bits per heavy atom. The highest BCUT2D eigenvalue weighted by Gasteiger charge is 2.39. The molecule has 0 aromatic heterocycles. The summed E-state index contributed by atoms with van der Waals surface area (Å²) in [6.45, 7) is 10.8. The monoisotopic (exact) mass is 226 g/mol. The van der Waals surface area contributed by atoms with Gasteiger partial charge in [-0.3, -0.25) is 4.79 Å². The van der Waals surface area contributed by atoms with Crippen LogP contribution in [0.2, 0.25) is 0 Å². The number of rotatable bonds is 3. The van der Waals surface area contributed by atoms with E-state index in [1.54, 1.807) is 6.92 Å². The number of esters is 1. The molecule has 4 nitrogen and oxygen atoms in total. The molecular formula is C12H18O4. The maximum absolute atomic E-state index is 11.0. The zero-order chi connectivity index (χ0) is 12.3. The van der Waals surface area contributed by atoms with E-state index in [9.17, 15) is 4.79 Å². The second-order valence-electron chi connectivity index (χ2n) is 4.26. The first-order valence-corrected chi connectivity index (χ1v) is 5.21. The summed E-state index contributed by atoms with van der Waals surface area (Å²) in [5.41, 5.74) is 3.47. The van der Waals surface area contributed by atoms with Gasteiger partial charge in [0, 0.05) is 12.5 Å². The average molecular weight is 226 g/mol. The summed E-state index contributed by atoms with van der Waals surface area (Å²) >= 11 is 0. The smallest absolute Gasteiger partial charge is 0.303 e. The molecule has 1 saturated heterocycles. The van der Waals surface area contributed by atoms with Crippen LogP contribution in [0, 0.1) is 0 Å². The van der Waals surface area contributed by atoms with Crippen molar-refractivity contribution in [3.05, 3.63) is 17.9 Å². The fraction of sp³-hybridized carbons (Fsp3) is 0.667. The van der Waals surface area contributed by atoms with Crippen LogP contribution in [-0.2, 0) is 19.0 Å². The Balaban J connectivity index is 2.78. The van der Waals surface area contributed by atoms with E-state index < -0.39 is 11.9 Å². The Morgan fingerprint density at radius 3 is 2.56 bits per heavy atom. The first-order valence-electron chi connectivity index (χ1n) is 5.21. The molecule has 4 heteroatoms. The molecule has 0 N–H and O–H groups in total. The molecule has 0 aromatic carbocycles. The lowest BCUT2D eigenvalue weighted by atomic mass is 10.1. The molecule has 0 aromatic rings. The van der Waals surface area contributed by atoms with Crippen LogP contribution in [0.5, 0.6) is 0 Å². The highest BCUT2D eigenvalue weighted by Crippen LogP contribution is 2.27. The van der Waals surface area contributed by atoms with Crippen molar-refractivity contribution in [3.63, 3.8) is 0 Å². The minimum atomic E-state index is -0.634. The molecule has 16 heavy (non-hydrogen) atoms. The van der Waals surface area contributed by atoms with Crippen molar-refractivity contribution in [1.29, 1.82) is 0 Å². The molecule has 2 atom stereocenters. The van der Waals surface area contributed by atoms with Crippen LogP contribution in [0.1, 0.15) is 27.7 Å². The summed E-state index contributed by atoms with van der Waals surface area (Å²) in [5.74, 6) is -0.988. The maximum Gasteiger partial charge on any atom is 0.303 e. The first-order chi connectivity index (χ1) is 7.35. The molecule has 0 spiro atoms. The number of hydrogen-bond acceptors (Lipinski definition) is 4. The van der Waals surface area contributed by atoms with Crippen LogP contribution in [0.3, 0.4) is 0 Å². The van der Waals surface area contributed by atoms with Gasteiger partial charge in [-0.15, -0.1) is 5.73 Å². The molecular weight excluding hydrogens is 208 g/mol. The normalized spacial score (nSPS) is 24.6. The average Bonchev–Trinajstić information content (AvgIpc) is 2.53. The van der Waals surface area contributed by atoms with Crippen molar-refractivity contribution in [2.75, 3.05) is 6.61 Å². The standard InChI is InChI=1S/C12H18O4/c1-6-8(2)11(15-9(3)13)10-7-14-12(4,5)16-10/h10-11H,1,7H2,2-5H3/t10-,11+/m1/s1. The lowest BCUT2D eigenvalue weighted by Crippen LogP contribution is -2.35. The quantitative estimate of drug-likeness (QED) is 0.543. The van der Waals surface area contributed by atoms with Crippen LogP contribution in [0.25, 0.3) is 0 Å². The molecule has 1 rings (SSSR count). The molecule has 1 heterocycles. The second-order valence-corrected chi connectivity index (χ2v) is 4.26. The van der Waals surface area contributed by atoms with E-state index in [1.165, 1.54) is 6.92 Å². The summed E-state index contributed by atoms with van der Waals surface area (Å²) in [7, 11) is 0. The predicted octanol–water partition coefficient (Wildman–Crippen LogP) is 1.80. The van der Waals surface area contributed by atoms with Crippen LogP contribution < -0.4 is 0 Å². The first kappa shape index (κ1) is 13.0. The van der Waals surface area contributed by atoms with E-state index in [0.717, 1.165) is 5.57 Å². The zero-order valence-electron chi connectivity index (χ0n) is 10.2. The highest BCUT2D eigenvalue weighted by atomic mass is 16.7. The number of ether oxygens (including phenoxy) is 3. The SMILES string of the molecule is C=C=C(C)[C@H](OC(C)=O)[C@H]1COC(C)(C)O1. The van der Waals surface area contributed by atoms with E-state index in [2.05, 4.69) is 12.3 Å². The Bertz CT molecular complexity index is 326. The van der Waals surface area contributed by atoms with E-state index in [0.29, 0.717) is 6.61 Å². The topological polar surface area (TPSA) is 44.8 Å². The van der Waals surface area contributed by atoms with Gasteiger partial charge < -0.3 is 14.2 Å². The van der Waals surface area contributed by atoms with Crippen molar-refractivity contribution in [2.45, 2.75) is 45.7 Å². The Labute approximate surface area is 95.9 Å². The number of hydrogen-bond donors (Lipinski definition) is 0. The molecule has 1 fully saturated rings. The molecule has 90 valence electrons. The van der Waals surface area contributed by atoms with Gasteiger partial charge in [0.25, 0.3) is 0 Å². The maximum atomic E-state index is 11.0. The lowest BCUT2D eigenvalue weighted by Gasteiger charge is -2.23. The molecule has 1 aliphatic heterocycles. The Kier molecular flexibility index (Phi) is 3.92. The van der Waals surface area contributed by atoms with E-state index in [-0.39, 0.29) is 12.1 Å². The van der Waals surface area contributed by atoms with Gasteiger partial charge in [-0.05, 0) is 20.8 Å². The van der Waals surface area contributed by atoms with Crippen molar-refractivity contribution < 1.29 is 19.0 Å². The number of carbonyl (C=O) groups excluding carboxylic acids is 1. The summed E-state index contributed by atoms with van der Waals surface area (Å²) in [6.07, 6.45) is -0.773. The molecule has 0 saturated carbocycles. The molecule has 0 unspecified atom stereocenters. The van der Waals surface area contributed by atoms with Gasteiger partial charge in [-0.2, -0.15) is 0 Å². The molecule has 1 aliphatic rings. The summed E-state index contributed by atoms with van der Waals surface area (Å²) < 4.78 is 16.3. The Hall–Kier alpha value is -1.09. The zero-order valence-corrected chi connectivity index (χ0v) is 10.2. The second kappa shape index (κ2) is 4.83. The summed E-state index contributed by atoms with van der Waals surface area (Å²) in [6, 6.07) is 0. The van der Waals surface area contributed by atoms with Crippen LogP contribution >= 0.6 is 0 Å². The van der Waals surface area contributed by atoms with Crippen LogP contribution in [-0.4, -0.2) is 30.6 Å². The predicted molar refractivity (Wildman–Crippen MR) is 58.8 cm³/mol. The summed E-state index contributed by atoms with van der Waals surface area (Å²) in [5, 5.41) is 0. The van der Waals surface area contributed by atoms with Crippen molar-refractivity contribution >= 4 is 5.97 Å². The van der Waals surface area contributed by atoms with Gasteiger partial charge in [0.1, 0.15) is 6.10 Å². The van der Waals surface area contributed by atoms with Crippen molar-refractivity contribution in [2.24, 2.45) is 0 Å². The molecule has 0 aliphatic carbocycles. The van der Waals surface area contributed by atoms with Gasteiger partial charge in [0.05, 0.1) is 6.61 Å². The lowest BCUT2D eigenvalue weighted by molar-refractivity contribution is -0.165. The minimum absolute atomic E-state index is 0.298. The third-order valence-electron chi connectivity index (χ3n) is 2.37. The van der Waals surface area contributed by atoms with E-state index in [4.69, 9.17) is 14.2 Å². The number of carbonyl (C=O) groups is 1. The van der Waals surface area contributed by atoms with Gasteiger partial charge in [0.15, 0.2) is 11.9 Å². The van der Waals surface area contributed by atoms with E-state index in [1.807, 2.05) is 13.8 Å². The third kappa shape index (κ3) is 3.20.